The molecule has 0 saturated carbocycles. The maximum Gasteiger partial charge on any atom is 0.149 e. The van der Waals surface area contributed by atoms with E-state index in [4.69, 9.17) is 10.6 Å². The minimum atomic E-state index is 0.690. The third-order valence-corrected chi connectivity index (χ3v) is 1.07. The van der Waals surface area contributed by atoms with Crippen LogP contribution in [0.4, 0.5) is 0 Å². The second kappa shape index (κ2) is 3.32. The van der Waals surface area contributed by atoms with Gasteiger partial charge in [0.05, 0.1) is 6.54 Å². The summed E-state index contributed by atoms with van der Waals surface area (Å²) in [6, 6.07) is 0. The van der Waals surface area contributed by atoms with Crippen molar-refractivity contribution in [3.05, 3.63) is 12.0 Å². The van der Waals surface area contributed by atoms with Crippen LogP contribution in [0.25, 0.3) is 0 Å². The number of hydrogen-bond donors (Lipinski definition) is 2. The summed E-state index contributed by atoms with van der Waals surface area (Å²) in [5.74, 6) is 5.53. The molecule has 0 atom stereocenters. The summed E-state index contributed by atoms with van der Waals surface area (Å²) < 4.78 is 5.11. The standard InChI is InChI=1S/C5H10N2O2/c6-9-4-5-3-7-1-2-8-5/h4,7H,1-3,6H2/b5-4-. The first-order valence-electron chi connectivity index (χ1n) is 2.81. The lowest BCUT2D eigenvalue weighted by molar-refractivity contribution is 0.151. The average Bonchev–Trinajstić information content (AvgIpc) is 1.91. The second-order valence-electron chi connectivity index (χ2n) is 1.75. The third-order valence-electron chi connectivity index (χ3n) is 1.07. The highest BCUT2D eigenvalue weighted by Gasteiger charge is 2.03. The van der Waals surface area contributed by atoms with Gasteiger partial charge in [-0.2, -0.15) is 5.90 Å². The van der Waals surface area contributed by atoms with Crippen LogP contribution < -0.4 is 11.2 Å². The van der Waals surface area contributed by atoms with E-state index in [-0.39, 0.29) is 0 Å². The summed E-state index contributed by atoms with van der Waals surface area (Å²) in [5.41, 5.74) is 0. The quantitative estimate of drug-likeness (QED) is 0.365. The topological polar surface area (TPSA) is 56.5 Å². The van der Waals surface area contributed by atoms with Crippen molar-refractivity contribution in [3.8, 4) is 0 Å². The van der Waals surface area contributed by atoms with E-state index in [1.54, 1.807) is 0 Å². The van der Waals surface area contributed by atoms with Gasteiger partial charge in [0, 0.05) is 6.54 Å². The Morgan fingerprint density at radius 3 is 3.22 bits per heavy atom. The van der Waals surface area contributed by atoms with E-state index in [0.29, 0.717) is 13.2 Å². The van der Waals surface area contributed by atoms with Crippen LogP contribution in [0.2, 0.25) is 0 Å². The molecule has 4 nitrogen and oxygen atoms in total. The fourth-order valence-corrected chi connectivity index (χ4v) is 0.668. The normalized spacial score (nSPS) is 23.4. The molecule has 0 bridgehead atoms. The van der Waals surface area contributed by atoms with Gasteiger partial charge in [-0.15, -0.1) is 0 Å². The van der Waals surface area contributed by atoms with Crippen LogP contribution in [0.15, 0.2) is 12.0 Å². The minimum Gasteiger partial charge on any atom is -0.492 e. The molecule has 1 aliphatic heterocycles. The van der Waals surface area contributed by atoms with Crippen LogP contribution in [0.1, 0.15) is 0 Å². The predicted molar refractivity (Wildman–Crippen MR) is 32.2 cm³/mol. The third kappa shape index (κ3) is 1.91. The smallest absolute Gasteiger partial charge is 0.149 e. The summed E-state index contributed by atoms with van der Waals surface area (Å²) in [6.45, 7) is 2.29. The number of nitrogens with one attached hydrogen (secondary N) is 1. The Morgan fingerprint density at radius 2 is 2.67 bits per heavy atom. The number of morpholine rings is 1. The van der Waals surface area contributed by atoms with E-state index >= 15 is 0 Å². The number of ether oxygens (including phenoxy) is 1. The molecule has 0 radical (unpaired) electrons. The van der Waals surface area contributed by atoms with Crippen LogP contribution in [0.3, 0.4) is 0 Å². The lowest BCUT2D eigenvalue weighted by Gasteiger charge is -2.15. The molecule has 0 aliphatic carbocycles. The van der Waals surface area contributed by atoms with Crippen molar-refractivity contribution in [1.29, 1.82) is 0 Å². The van der Waals surface area contributed by atoms with E-state index in [2.05, 4.69) is 10.2 Å². The van der Waals surface area contributed by atoms with Gasteiger partial charge in [0.2, 0.25) is 0 Å². The van der Waals surface area contributed by atoms with Crippen molar-refractivity contribution in [2.75, 3.05) is 19.7 Å². The summed E-state index contributed by atoms with van der Waals surface area (Å²) in [5, 5.41) is 3.09. The fraction of sp³-hybridized carbons (Fsp3) is 0.600. The van der Waals surface area contributed by atoms with Crippen LogP contribution in [0.5, 0.6) is 0 Å². The van der Waals surface area contributed by atoms with Gasteiger partial charge in [0.1, 0.15) is 18.6 Å². The number of hydrogen-bond acceptors (Lipinski definition) is 4. The van der Waals surface area contributed by atoms with E-state index in [9.17, 15) is 0 Å². The summed E-state index contributed by atoms with van der Waals surface area (Å²) in [6.07, 6.45) is 1.40. The first-order chi connectivity index (χ1) is 4.43. The molecule has 1 rings (SSSR count). The SMILES string of the molecule is NO/C=C1/CNCCO1. The molecule has 1 heterocycles. The van der Waals surface area contributed by atoms with Crippen LogP contribution in [0, 0.1) is 0 Å². The van der Waals surface area contributed by atoms with Crippen molar-refractivity contribution >= 4 is 0 Å². The predicted octanol–water partition coefficient (Wildman–Crippen LogP) is -0.662. The largest absolute Gasteiger partial charge is 0.492 e. The van der Waals surface area contributed by atoms with E-state index in [0.717, 1.165) is 12.3 Å². The molecular weight excluding hydrogens is 120 g/mol. The lowest BCUT2D eigenvalue weighted by Crippen LogP contribution is -2.29. The van der Waals surface area contributed by atoms with Gasteiger partial charge in [-0.1, -0.05) is 0 Å². The van der Waals surface area contributed by atoms with Crippen LogP contribution >= 0.6 is 0 Å². The molecule has 0 aromatic rings. The highest BCUT2D eigenvalue weighted by Crippen LogP contribution is 1.97. The Balaban J connectivity index is 2.30. The van der Waals surface area contributed by atoms with Gasteiger partial charge in [0.25, 0.3) is 0 Å². The zero-order valence-corrected chi connectivity index (χ0v) is 5.09. The Kier molecular flexibility index (Phi) is 2.35. The Morgan fingerprint density at radius 1 is 1.78 bits per heavy atom. The molecule has 52 valence electrons. The van der Waals surface area contributed by atoms with Gasteiger partial charge in [-0.25, -0.2) is 0 Å². The summed E-state index contributed by atoms with van der Waals surface area (Å²) in [4.78, 5) is 4.25. The minimum absolute atomic E-state index is 0.690. The van der Waals surface area contributed by atoms with Gasteiger partial charge >= 0.3 is 0 Å². The first-order valence-corrected chi connectivity index (χ1v) is 2.81. The first kappa shape index (κ1) is 6.38. The molecule has 0 amide bonds. The Hall–Kier alpha value is -0.740. The van der Waals surface area contributed by atoms with Gasteiger partial charge < -0.3 is 14.9 Å². The Bertz CT molecular complexity index is 106. The Labute approximate surface area is 53.6 Å². The van der Waals surface area contributed by atoms with Crippen molar-refractivity contribution < 1.29 is 9.57 Å². The fourth-order valence-electron chi connectivity index (χ4n) is 0.668. The molecule has 4 heteroatoms. The van der Waals surface area contributed by atoms with E-state index in [1.807, 2.05) is 0 Å². The summed E-state index contributed by atoms with van der Waals surface area (Å²) in [7, 11) is 0. The van der Waals surface area contributed by atoms with Crippen molar-refractivity contribution in [2.24, 2.45) is 5.90 Å². The maximum absolute atomic E-state index is 5.11. The molecule has 3 N–H and O–H groups in total. The zero-order valence-electron chi connectivity index (χ0n) is 5.09. The van der Waals surface area contributed by atoms with E-state index in [1.165, 1.54) is 6.26 Å². The lowest BCUT2D eigenvalue weighted by atomic mass is 10.4. The highest BCUT2D eigenvalue weighted by molar-refractivity contribution is 4.92. The maximum atomic E-state index is 5.11. The monoisotopic (exact) mass is 130 g/mol. The molecule has 1 fully saturated rings. The second-order valence-corrected chi connectivity index (χ2v) is 1.75. The number of nitrogens with two attached hydrogens (primary N) is 1. The van der Waals surface area contributed by atoms with Crippen molar-refractivity contribution in [3.63, 3.8) is 0 Å². The molecule has 0 aromatic heterocycles. The molecule has 1 saturated heterocycles. The molecular formula is C5H10N2O2. The molecule has 9 heavy (non-hydrogen) atoms. The highest BCUT2D eigenvalue weighted by atomic mass is 16.6. The van der Waals surface area contributed by atoms with Gasteiger partial charge in [-0.3, -0.25) is 0 Å². The average molecular weight is 130 g/mol. The summed E-state index contributed by atoms with van der Waals surface area (Å²) >= 11 is 0. The molecule has 0 spiro atoms. The number of rotatable bonds is 1. The van der Waals surface area contributed by atoms with Gasteiger partial charge in [0.15, 0.2) is 0 Å². The van der Waals surface area contributed by atoms with E-state index < -0.39 is 0 Å². The molecule has 0 aromatic carbocycles. The molecule has 1 aliphatic rings. The molecule has 0 unspecified atom stereocenters. The van der Waals surface area contributed by atoms with Crippen molar-refractivity contribution in [1.82, 2.24) is 5.32 Å². The van der Waals surface area contributed by atoms with Crippen molar-refractivity contribution in [2.45, 2.75) is 0 Å². The zero-order chi connectivity index (χ0) is 6.53. The van der Waals surface area contributed by atoms with Crippen LogP contribution in [-0.2, 0) is 9.57 Å². The van der Waals surface area contributed by atoms with Gasteiger partial charge in [-0.05, 0) is 0 Å². The van der Waals surface area contributed by atoms with Crippen LogP contribution in [-0.4, -0.2) is 19.7 Å².